The Morgan fingerprint density at radius 1 is 1.08 bits per heavy atom. The Kier molecular flexibility index (Phi) is 6.14. The molecule has 0 unspecified atom stereocenters. The minimum absolute atomic E-state index is 0.0409. The molecule has 0 spiro atoms. The van der Waals surface area contributed by atoms with E-state index in [1.54, 1.807) is 0 Å². The molecule has 2 amide bonds. The van der Waals surface area contributed by atoms with Crippen LogP contribution in [0, 0.1) is 5.92 Å². The van der Waals surface area contributed by atoms with E-state index < -0.39 is 0 Å². The summed E-state index contributed by atoms with van der Waals surface area (Å²) in [6, 6.07) is 7.82. The van der Waals surface area contributed by atoms with Crippen molar-refractivity contribution in [3.8, 4) is 0 Å². The maximum atomic E-state index is 12.6. The molecule has 0 aliphatic carbocycles. The smallest absolute Gasteiger partial charge is 0.241 e. The van der Waals surface area contributed by atoms with E-state index in [9.17, 15) is 9.59 Å². The third kappa shape index (κ3) is 4.55. The largest absolute Gasteiger partial charge is 0.372 e. The number of benzene rings is 1. The number of carbonyl (C=O) groups is 2. The number of primary amides is 1. The van der Waals surface area contributed by atoms with Crippen LogP contribution >= 0.6 is 0 Å². The van der Waals surface area contributed by atoms with Crippen LogP contribution < -0.4 is 16.0 Å². The van der Waals surface area contributed by atoms with Gasteiger partial charge in [-0.05, 0) is 69.8 Å². The number of nitrogens with zero attached hydrogens (tertiary/aromatic N) is 2. The Morgan fingerprint density at radius 3 is 2.42 bits per heavy atom. The number of amides is 2. The molecule has 3 N–H and O–H groups in total. The topological polar surface area (TPSA) is 78.7 Å². The average Bonchev–Trinajstić information content (AvgIpc) is 2.68. The Hall–Kier alpha value is -2.08. The molecular formula is C20H30N4O2. The maximum Gasteiger partial charge on any atom is 0.241 e. The predicted octanol–water partition coefficient (Wildman–Crippen LogP) is 2.20. The van der Waals surface area contributed by atoms with E-state index in [1.165, 1.54) is 24.9 Å². The highest BCUT2D eigenvalue weighted by Crippen LogP contribution is 2.23. The zero-order valence-corrected chi connectivity index (χ0v) is 15.6. The second kappa shape index (κ2) is 8.54. The van der Waals surface area contributed by atoms with Crippen molar-refractivity contribution in [2.75, 3.05) is 36.4 Å². The molecule has 2 heterocycles. The first-order chi connectivity index (χ1) is 12.5. The van der Waals surface area contributed by atoms with Gasteiger partial charge in [0.25, 0.3) is 0 Å². The lowest BCUT2D eigenvalue weighted by molar-refractivity contribution is -0.127. The lowest BCUT2D eigenvalue weighted by Crippen LogP contribution is -2.49. The molecule has 2 atom stereocenters. The van der Waals surface area contributed by atoms with Gasteiger partial charge in [-0.25, -0.2) is 0 Å². The average molecular weight is 358 g/mol. The highest BCUT2D eigenvalue weighted by Gasteiger charge is 2.29. The standard InChI is InChI=1S/C20H30N4O2/c1-15(24-13-5-6-16(14-24)19(21)25)20(26)22-17-7-9-18(10-8-17)23-11-3-2-4-12-23/h7-10,15-16H,2-6,11-14H2,1H3,(H2,21,25)(H,22,26)/t15-,16+/m1/s1. The van der Waals surface area contributed by atoms with Crippen LogP contribution in [0.2, 0.25) is 0 Å². The quantitative estimate of drug-likeness (QED) is 0.846. The molecule has 0 aromatic heterocycles. The van der Waals surface area contributed by atoms with E-state index in [4.69, 9.17) is 5.73 Å². The fraction of sp³-hybridized carbons (Fsp3) is 0.600. The molecule has 3 rings (SSSR count). The minimum Gasteiger partial charge on any atom is -0.372 e. The number of nitrogens with one attached hydrogen (secondary N) is 1. The summed E-state index contributed by atoms with van der Waals surface area (Å²) in [4.78, 5) is 28.5. The lowest BCUT2D eigenvalue weighted by atomic mass is 9.96. The van der Waals surface area contributed by atoms with Crippen LogP contribution in [0.15, 0.2) is 24.3 Å². The van der Waals surface area contributed by atoms with Crippen LogP contribution in [0.1, 0.15) is 39.0 Å². The first kappa shape index (κ1) is 18.7. The fourth-order valence-electron chi connectivity index (χ4n) is 3.91. The van der Waals surface area contributed by atoms with Gasteiger partial charge in [0.15, 0.2) is 0 Å². The zero-order chi connectivity index (χ0) is 18.5. The van der Waals surface area contributed by atoms with Crippen molar-refractivity contribution < 1.29 is 9.59 Å². The van der Waals surface area contributed by atoms with Gasteiger partial charge in [-0.15, -0.1) is 0 Å². The van der Waals surface area contributed by atoms with Gasteiger partial charge in [0.2, 0.25) is 11.8 Å². The molecule has 2 fully saturated rings. The zero-order valence-electron chi connectivity index (χ0n) is 15.6. The van der Waals surface area contributed by atoms with Crippen molar-refractivity contribution in [1.29, 1.82) is 0 Å². The molecule has 0 saturated carbocycles. The summed E-state index contributed by atoms with van der Waals surface area (Å²) in [7, 11) is 0. The van der Waals surface area contributed by atoms with Crippen molar-refractivity contribution in [2.24, 2.45) is 11.7 Å². The number of piperidine rings is 2. The molecular weight excluding hydrogens is 328 g/mol. The third-order valence-corrected chi connectivity index (χ3v) is 5.64. The van der Waals surface area contributed by atoms with Crippen LogP contribution in [0.5, 0.6) is 0 Å². The van der Waals surface area contributed by atoms with E-state index in [1.807, 2.05) is 19.1 Å². The SMILES string of the molecule is C[C@H](C(=O)Nc1ccc(N2CCCCC2)cc1)N1CCC[C@H](C(N)=O)C1. The van der Waals surface area contributed by atoms with E-state index in [0.717, 1.165) is 38.2 Å². The normalized spacial score (nSPS) is 22.7. The van der Waals surface area contributed by atoms with Gasteiger partial charge in [-0.2, -0.15) is 0 Å². The molecule has 0 bridgehead atoms. The molecule has 142 valence electrons. The molecule has 6 heteroatoms. The first-order valence-electron chi connectivity index (χ1n) is 9.74. The van der Waals surface area contributed by atoms with E-state index in [-0.39, 0.29) is 23.8 Å². The monoisotopic (exact) mass is 358 g/mol. The predicted molar refractivity (Wildman–Crippen MR) is 104 cm³/mol. The summed E-state index contributed by atoms with van der Waals surface area (Å²) in [5.41, 5.74) is 7.46. The van der Waals surface area contributed by atoms with Gasteiger partial charge in [-0.1, -0.05) is 0 Å². The minimum atomic E-state index is -0.279. The summed E-state index contributed by atoms with van der Waals surface area (Å²) in [6.07, 6.45) is 5.53. The van der Waals surface area contributed by atoms with E-state index >= 15 is 0 Å². The maximum absolute atomic E-state index is 12.6. The number of rotatable bonds is 5. The van der Waals surface area contributed by atoms with Crippen LogP contribution in [0.4, 0.5) is 11.4 Å². The van der Waals surface area contributed by atoms with Crippen molar-refractivity contribution in [3.05, 3.63) is 24.3 Å². The Morgan fingerprint density at radius 2 is 1.77 bits per heavy atom. The van der Waals surface area contributed by atoms with Crippen LogP contribution in [0.25, 0.3) is 0 Å². The van der Waals surface area contributed by atoms with Crippen molar-refractivity contribution in [3.63, 3.8) is 0 Å². The van der Waals surface area contributed by atoms with Gasteiger partial charge < -0.3 is 16.0 Å². The Bertz CT molecular complexity index is 625. The number of likely N-dealkylation sites (tertiary alicyclic amines) is 1. The van der Waals surface area contributed by atoms with Gasteiger partial charge in [0.05, 0.1) is 12.0 Å². The van der Waals surface area contributed by atoms with Crippen LogP contribution in [-0.4, -0.2) is 48.9 Å². The molecule has 6 nitrogen and oxygen atoms in total. The fourth-order valence-corrected chi connectivity index (χ4v) is 3.91. The number of hydrogen-bond acceptors (Lipinski definition) is 4. The number of hydrogen-bond donors (Lipinski definition) is 2. The van der Waals surface area contributed by atoms with Crippen LogP contribution in [0.3, 0.4) is 0 Å². The number of anilines is 2. The van der Waals surface area contributed by atoms with Gasteiger partial charge in [-0.3, -0.25) is 14.5 Å². The van der Waals surface area contributed by atoms with Gasteiger partial charge in [0, 0.05) is 31.0 Å². The van der Waals surface area contributed by atoms with Gasteiger partial charge >= 0.3 is 0 Å². The molecule has 1 aromatic carbocycles. The number of carbonyl (C=O) groups excluding carboxylic acids is 2. The molecule has 2 aliphatic heterocycles. The van der Waals surface area contributed by atoms with Crippen LogP contribution in [-0.2, 0) is 9.59 Å². The molecule has 1 aromatic rings. The third-order valence-electron chi connectivity index (χ3n) is 5.64. The molecule has 26 heavy (non-hydrogen) atoms. The highest BCUT2D eigenvalue weighted by atomic mass is 16.2. The van der Waals surface area contributed by atoms with Crippen molar-refractivity contribution in [2.45, 2.75) is 45.1 Å². The second-order valence-electron chi connectivity index (χ2n) is 7.50. The Balaban J connectivity index is 1.56. The summed E-state index contributed by atoms with van der Waals surface area (Å²) in [5, 5.41) is 3.00. The molecule has 2 saturated heterocycles. The van der Waals surface area contributed by atoms with Gasteiger partial charge in [0.1, 0.15) is 0 Å². The summed E-state index contributed by atoms with van der Waals surface area (Å²) >= 11 is 0. The summed E-state index contributed by atoms with van der Waals surface area (Å²) in [6.45, 7) is 5.50. The summed E-state index contributed by atoms with van der Waals surface area (Å²) < 4.78 is 0. The van der Waals surface area contributed by atoms with Crippen molar-refractivity contribution in [1.82, 2.24) is 4.90 Å². The van der Waals surface area contributed by atoms with Crippen molar-refractivity contribution >= 4 is 23.2 Å². The van der Waals surface area contributed by atoms with E-state index in [0.29, 0.717) is 6.54 Å². The molecule has 2 aliphatic rings. The Labute approximate surface area is 155 Å². The lowest BCUT2D eigenvalue weighted by Gasteiger charge is -2.34. The highest BCUT2D eigenvalue weighted by molar-refractivity contribution is 5.94. The summed E-state index contributed by atoms with van der Waals surface area (Å²) in [5.74, 6) is -0.459. The number of nitrogens with two attached hydrogens (primary N) is 1. The molecule has 0 radical (unpaired) electrons. The second-order valence-corrected chi connectivity index (χ2v) is 7.50. The van der Waals surface area contributed by atoms with E-state index in [2.05, 4.69) is 27.2 Å². The first-order valence-corrected chi connectivity index (χ1v) is 9.74.